The first kappa shape index (κ1) is 18.8. The smallest absolute Gasteiger partial charge is 0.335 e. The number of carboxylic acid groups (broad SMARTS) is 1. The van der Waals surface area contributed by atoms with Gasteiger partial charge in [-0.25, -0.2) is 13.2 Å². The Morgan fingerprint density at radius 2 is 1.84 bits per heavy atom. The quantitative estimate of drug-likeness (QED) is 0.664. The van der Waals surface area contributed by atoms with Crippen LogP contribution in [0.25, 0.3) is 0 Å². The van der Waals surface area contributed by atoms with E-state index in [0.717, 1.165) is 12.8 Å². The van der Waals surface area contributed by atoms with Gasteiger partial charge < -0.3 is 10.4 Å². The molecule has 0 heterocycles. The van der Waals surface area contributed by atoms with E-state index < -0.39 is 16.0 Å². The average molecular weight is 362 g/mol. The summed E-state index contributed by atoms with van der Waals surface area (Å²) < 4.78 is 28.1. The lowest BCUT2D eigenvalue weighted by atomic mass is 10.1. The van der Waals surface area contributed by atoms with Gasteiger partial charge in [0.25, 0.3) is 10.0 Å². The number of hydrogen-bond acceptors (Lipinski definition) is 4. The Balaban J connectivity index is 2.44. The molecule has 1 unspecified atom stereocenters. The van der Waals surface area contributed by atoms with Crippen molar-refractivity contribution in [2.75, 3.05) is 10.0 Å². The Hall–Kier alpha value is -2.54. The van der Waals surface area contributed by atoms with Gasteiger partial charge in [0.2, 0.25) is 0 Å². The number of hydrogen-bond donors (Lipinski definition) is 3. The Morgan fingerprint density at radius 1 is 1.16 bits per heavy atom. The molecule has 0 aliphatic rings. The largest absolute Gasteiger partial charge is 0.478 e. The lowest BCUT2D eigenvalue weighted by Crippen LogP contribution is -2.20. The van der Waals surface area contributed by atoms with Crippen molar-refractivity contribution >= 4 is 27.4 Å². The minimum atomic E-state index is -3.94. The van der Waals surface area contributed by atoms with Crippen LogP contribution in [0.2, 0.25) is 0 Å². The molecule has 0 aliphatic heterocycles. The Morgan fingerprint density at radius 3 is 2.44 bits per heavy atom. The zero-order chi connectivity index (χ0) is 18.4. The number of benzene rings is 2. The minimum absolute atomic E-state index is 0.0614. The lowest BCUT2D eigenvalue weighted by molar-refractivity contribution is 0.0696. The van der Waals surface area contributed by atoms with Crippen LogP contribution in [0, 0.1) is 0 Å². The summed E-state index contributed by atoms with van der Waals surface area (Å²) in [4.78, 5) is 11.2. The van der Waals surface area contributed by atoms with Gasteiger partial charge in [-0.1, -0.05) is 31.5 Å². The number of sulfonamides is 1. The summed E-state index contributed by atoms with van der Waals surface area (Å²) in [7, 11) is -3.94. The van der Waals surface area contributed by atoms with E-state index in [2.05, 4.69) is 10.0 Å². The van der Waals surface area contributed by atoms with Crippen molar-refractivity contribution in [2.45, 2.75) is 37.6 Å². The molecule has 7 heteroatoms. The highest BCUT2D eigenvalue weighted by Crippen LogP contribution is 2.26. The van der Waals surface area contributed by atoms with E-state index in [1.807, 2.05) is 13.8 Å². The molecule has 0 aliphatic carbocycles. The van der Waals surface area contributed by atoms with Crippen molar-refractivity contribution in [3.63, 3.8) is 0 Å². The molecule has 0 fully saturated rings. The van der Waals surface area contributed by atoms with Crippen LogP contribution in [0.5, 0.6) is 0 Å². The van der Waals surface area contributed by atoms with Crippen molar-refractivity contribution in [3.8, 4) is 0 Å². The van der Waals surface area contributed by atoms with Gasteiger partial charge in [0.05, 0.1) is 11.3 Å². The van der Waals surface area contributed by atoms with Crippen LogP contribution in [-0.4, -0.2) is 25.5 Å². The molecule has 0 saturated heterocycles. The second kappa shape index (κ2) is 8.02. The minimum Gasteiger partial charge on any atom is -0.478 e. The van der Waals surface area contributed by atoms with Crippen molar-refractivity contribution in [3.05, 3.63) is 54.1 Å². The van der Waals surface area contributed by atoms with E-state index in [-0.39, 0.29) is 16.5 Å². The molecule has 25 heavy (non-hydrogen) atoms. The van der Waals surface area contributed by atoms with Gasteiger partial charge in [-0.2, -0.15) is 0 Å². The normalized spacial score (nSPS) is 12.4. The predicted molar refractivity (Wildman–Crippen MR) is 98.6 cm³/mol. The molecule has 6 nitrogen and oxygen atoms in total. The van der Waals surface area contributed by atoms with Crippen molar-refractivity contribution in [2.24, 2.45) is 0 Å². The molecular weight excluding hydrogens is 340 g/mol. The van der Waals surface area contributed by atoms with Gasteiger partial charge in [0, 0.05) is 11.7 Å². The summed E-state index contributed by atoms with van der Waals surface area (Å²) in [5.74, 6) is -1.18. The van der Waals surface area contributed by atoms with Gasteiger partial charge in [-0.05, 0) is 43.7 Å². The number of anilines is 2. The predicted octanol–water partition coefficient (Wildman–Crippen LogP) is 3.79. The van der Waals surface area contributed by atoms with E-state index in [0.29, 0.717) is 11.4 Å². The summed E-state index contributed by atoms with van der Waals surface area (Å²) in [5.41, 5.74) is 0.715. The van der Waals surface area contributed by atoms with Gasteiger partial charge in [-0.3, -0.25) is 4.72 Å². The fourth-order valence-electron chi connectivity index (χ4n) is 2.48. The molecular formula is C18H22N2O4S. The van der Waals surface area contributed by atoms with E-state index in [9.17, 15) is 18.3 Å². The summed E-state index contributed by atoms with van der Waals surface area (Å²) in [6.45, 7) is 4.00. The van der Waals surface area contributed by atoms with Crippen molar-refractivity contribution in [1.82, 2.24) is 0 Å². The standard InChI is InChI=1S/C18H22N2O4S/c1-3-7-13(2)19-16-11-10-14(18(21)22)12-17(16)25(23,24)20-15-8-5-4-6-9-15/h4-6,8-13,19-20H,3,7H2,1-2H3,(H,21,22). The topological polar surface area (TPSA) is 95.5 Å². The second-order valence-electron chi connectivity index (χ2n) is 5.82. The molecule has 0 aromatic heterocycles. The number of aromatic carboxylic acids is 1. The van der Waals surface area contributed by atoms with Gasteiger partial charge in [0.15, 0.2) is 0 Å². The molecule has 1 atom stereocenters. The van der Waals surface area contributed by atoms with Crippen molar-refractivity contribution in [1.29, 1.82) is 0 Å². The first-order valence-electron chi connectivity index (χ1n) is 8.05. The number of para-hydroxylation sites is 1. The van der Waals surface area contributed by atoms with E-state index in [1.165, 1.54) is 18.2 Å². The molecule has 0 amide bonds. The van der Waals surface area contributed by atoms with Crippen molar-refractivity contribution < 1.29 is 18.3 Å². The number of carboxylic acids is 1. The average Bonchev–Trinajstić information content (AvgIpc) is 2.55. The highest BCUT2D eigenvalue weighted by Gasteiger charge is 2.22. The first-order chi connectivity index (χ1) is 11.8. The highest BCUT2D eigenvalue weighted by molar-refractivity contribution is 7.92. The molecule has 0 radical (unpaired) electrons. The number of rotatable bonds is 8. The van der Waals surface area contributed by atoms with Crippen LogP contribution < -0.4 is 10.0 Å². The third kappa shape index (κ3) is 4.96. The molecule has 3 N–H and O–H groups in total. The number of nitrogens with one attached hydrogen (secondary N) is 2. The fraction of sp³-hybridized carbons (Fsp3) is 0.278. The molecule has 134 valence electrons. The maximum Gasteiger partial charge on any atom is 0.335 e. The zero-order valence-electron chi connectivity index (χ0n) is 14.2. The van der Waals surface area contributed by atoms with Crippen LogP contribution in [0.15, 0.2) is 53.4 Å². The summed E-state index contributed by atoms with van der Waals surface area (Å²) in [5, 5.41) is 12.3. The maximum atomic E-state index is 12.8. The SMILES string of the molecule is CCCC(C)Nc1ccc(C(=O)O)cc1S(=O)(=O)Nc1ccccc1. The summed E-state index contributed by atoms with van der Waals surface area (Å²) >= 11 is 0. The fourth-order valence-corrected chi connectivity index (χ4v) is 3.74. The Kier molecular flexibility index (Phi) is 6.03. The van der Waals surface area contributed by atoms with Crippen LogP contribution in [0.1, 0.15) is 37.0 Å². The zero-order valence-corrected chi connectivity index (χ0v) is 15.0. The summed E-state index contributed by atoms with van der Waals surface area (Å²) in [6.07, 6.45) is 1.82. The second-order valence-corrected chi connectivity index (χ2v) is 7.47. The summed E-state index contributed by atoms with van der Waals surface area (Å²) in [6, 6.07) is 12.6. The van der Waals surface area contributed by atoms with Gasteiger partial charge >= 0.3 is 5.97 Å². The van der Waals surface area contributed by atoms with Crippen LogP contribution in [-0.2, 0) is 10.0 Å². The lowest BCUT2D eigenvalue weighted by Gasteiger charge is -2.18. The maximum absolute atomic E-state index is 12.8. The van der Waals surface area contributed by atoms with Crippen LogP contribution in [0.4, 0.5) is 11.4 Å². The first-order valence-corrected chi connectivity index (χ1v) is 9.53. The molecule has 2 rings (SSSR count). The molecule has 0 spiro atoms. The number of carbonyl (C=O) groups is 1. The molecule has 2 aromatic carbocycles. The molecule has 0 saturated carbocycles. The monoisotopic (exact) mass is 362 g/mol. The Bertz CT molecular complexity index is 835. The Labute approximate surface area is 147 Å². The third-order valence-corrected chi connectivity index (χ3v) is 5.09. The van der Waals surface area contributed by atoms with E-state index in [1.54, 1.807) is 30.3 Å². The molecule has 2 aromatic rings. The van der Waals surface area contributed by atoms with Crippen LogP contribution in [0.3, 0.4) is 0 Å². The van der Waals surface area contributed by atoms with Crippen LogP contribution >= 0.6 is 0 Å². The van der Waals surface area contributed by atoms with E-state index in [4.69, 9.17) is 0 Å². The van der Waals surface area contributed by atoms with E-state index >= 15 is 0 Å². The van der Waals surface area contributed by atoms with Gasteiger partial charge in [-0.15, -0.1) is 0 Å². The molecule has 0 bridgehead atoms. The highest BCUT2D eigenvalue weighted by atomic mass is 32.2. The third-order valence-electron chi connectivity index (χ3n) is 3.67. The van der Waals surface area contributed by atoms with Gasteiger partial charge in [0.1, 0.15) is 4.90 Å².